The molecule has 18 heavy (non-hydrogen) atoms. The van der Waals surface area contributed by atoms with E-state index in [9.17, 15) is 9.90 Å². The Morgan fingerprint density at radius 2 is 1.94 bits per heavy atom. The minimum Gasteiger partial charge on any atom is -0.494 e. The van der Waals surface area contributed by atoms with Crippen molar-refractivity contribution in [3.05, 3.63) is 46.6 Å². The molecular weight excluding hydrogens is 252 g/mol. The lowest BCUT2D eigenvalue weighted by atomic mass is 10.2. The predicted octanol–water partition coefficient (Wildman–Crippen LogP) is 2.95. The van der Waals surface area contributed by atoms with Gasteiger partial charge in [-0.15, -0.1) is 0 Å². The lowest BCUT2D eigenvalue weighted by molar-refractivity contribution is 0.112. The van der Waals surface area contributed by atoms with E-state index in [1.54, 1.807) is 7.05 Å². The van der Waals surface area contributed by atoms with E-state index in [4.69, 9.17) is 11.6 Å². The Kier molecular flexibility index (Phi) is 3.48. The van der Waals surface area contributed by atoms with E-state index in [0.717, 1.165) is 5.69 Å². The van der Waals surface area contributed by atoms with Gasteiger partial charge >= 0.3 is 0 Å². The number of carbonyl (C=O) groups excluding carboxylic acids is 1. The van der Waals surface area contributed by atoms with Gasteiger partial charge in [0.1, 0.15) is 5.15 Å². The van der Waals surface area contributed by atoms with Crippen LogP contribution in [0.2, 0.25) is 5.15 Å². The van der Waals surface area contributed by atoms with Gasteiger partial charge in [-0.1, -0.05) is 29.8 Å². The summed E-state index contributed by atoms with van der Waals surface area (Å²) in [6, 6.07) is 9.22. The molecule has 0 spiro atoms. The molecule has 1 N–H and O–H groups in total. The number of benzene rings is 1. The zero-order chi connectivity index (χ0) is 13.1. The number of aromatic hydroxyl groups is 1. The quantitative estimate of drug-likeness (QED) is 0.683. The highest BCUT2D eigenvalue weighted by molar-refractivity contribution is 6.33. The minimum atomic E-state index is -0.0817. The van der Waals surface area contributed by atoms with Gasteiger partial charge in [0, 0.05) is 13.3 Å². The van der Waals surface area contributed by atoms with Gasteiger partial charge in [-0.05, 0) is 12.1 Å². The monoisotopic (exact) mass is 262 g/mol. The smallest absolute Gasteiger partial charge is 0.201 e. The molecule has 4 nitrogen and oxygen atoms in total. The van der Waals surface area contributed by atoms with Crippen molar-refractivity contribution in [2.75, 3.05) is 0 Å². The van der Waals surface area contributed by atoms with Crippen LogP contribution in [0.4, 0.5) is 5.69 Å². The van der Waals surface area contributed by atoms with Gasteiger partial charge in [0.2, 0.25) is 5.88 Å². The van der Waals surface area contributed by atoms with Crippen molar-refractivity contribution in [3.8, 4) is 5.88 Å². The molecule has 2 rings (SSSR count). The highest BCUT2D eigenvalue weighted by atomic mass is 35.5. The summed E-state index contributed by atoms with van der Waals surface area (Å²) < 4.78 is 1.33. The van der Waals surface area contributed by atoms with Crippen LogP contribution in [0.5, 0.6) is 5.88 Å². The molecule has 0 unspecified atom stereocenters. The molecular formula is C13H11ClN2O2. The molecule has 0 aliphatic rings. The van der Waals surface area contributed by atoms with Gasteiger partial charge in [0.05, 0.1) is 16.8 Å². The van der Waals surface area contributed by atoms with Crippen LogP contribution < -0.4 is 0 Å². The fourth-order valence-corrected chi connectivity index (χ4v) is 1.80. The van der Waals surface area contributed by atoms with Crippen LogP contribution in [0, 0.1) is 0 Å². The lowest BCUT2D eigenvalue weighted by Gasteiger charge is -1.95. The van der Waals surface area contributed by atoms with Gasteiger partial charge in [-0.3, -0.25) is 9.79 Å². The minimum absolute atomic E-state index is 0.0817. The molecule has 0 atom stereocenters. The maximum atomic E-state index is 11.0. The topological polar surface area (TPSA) is 54.6 Å². The lowest BCUT2D eigenvalue weighted by Crippen LogP contribution is -1.86. The van der Waals surface area contributed by atoms with Crippen LogP contribution in [-0.4, -0.2) is 22.2 Å². The zero-order valence-corrected chi connectivity index (χ0v) is 10.4. The molecule has 0 bridgehead atoms. The van der Waals surface area contributed by atoms with Gasteiger partial charge < -0.3 is 9.67 Å². The molecule has 2 aromatic rings. The summed E-state index contributed by atoms with van der Waals surface area (Å²) in [6.07, 6.45) is 2.04. The van der Waals surface area contributed by atoms with E-state index >= 15 is 0 Å². The molecule has 0 aliphatic heterocycles. The number of aldehydes is 1. The van der Waals surface area contributed by atoms with Crippen molar-refractivity contribution in [3.63, 3.8) is 0 Å². The van der Waals surface area contributed by atoms with E-state index in [-0.39, 0.29) is 16.6 Å². The molecule has 1 aromatic carbocycles. The van der Waals surface area contributed by atoms with Crippen molar-refractivity contribution in [1.29, 1.82) is 0 Å². The molecule has 0 saturated heterocycles. The second-order valence-electron chi connectivity index (χ2n) is 3.71. The Morgan fingerprint density at radius 1 is 1.28 bits per heavy atom. The zero-order valence-electron chi connectivity index (χ0n) is 9.67. The third-order valence-corrected chi connectivity index (χ3v) is 3.04. The normalized spacial score (nSPS) is 11.0. The maximum absolute atomic E-state index is 11.0. The van der Waals surface area contributed by atoms with Crippen LogP contribution in [0.3, 0.4) is 0 Å². The van der Waals surface area contributed by atoms with Gasteiger partial charge in [0.25, 0.3) is 0 Å². The molecule has 1 heterocycles. The predicted molar refractivity (Wildman–Crippen MR) is 71.2 cm³/mol. The van der Waals surface area contributed by atoms with E-state index in [0.29, 0.717) is 11.8 Å². The summed E-state index contributed by atoms with van der Waals surface area (Å²) in [5.41, 5.74) is 1.28. The van der Waals surface area contributed by atoms with Gasteiger partial charge in [-0.2, -0.15) is 0 Å². The van der Waals surface area contributed by atoms with E-state index in [1.165, 1.54) is 10.8 Å². The molecule has 0 radical (unpaired) electrons. The van der Waals surface area contributed by atoms with Gasteiger partial charge in [-0.25, -0.2) is 0 Å². The van der Waals surface area contributed by atoms with Crippen LogP contribution in [-0.2, 0) is 7.05 Å². The van der Waals surface area contributed by atoms with Crippen molar-refractivity contribution in [1.82, 2.24) is 4.57 Å². The third-order valence-electron chi connectivity index (χ3n) is 2.58. The first-order valence-corrected chi connectivity index (χ1v) is 5.64. The second-order valence-corrected chi connectivity index (χ2v) is 4.07. The molecule has 0 saturated carbocycles. The van der Waals surface area contributed by atoms with Crippen LogP contribution >= 0.6 is 11.6 Å². The number of halogens is 1. The molecule has 1 aromatic heterocycles. The van der Waals surface area contributed by atoms with E-state index in [1.807, 2.05) is 30.3 Å². The SMILES string of the molecule is Cn1c(O)c(C=Nc2ccccc2)c(C=O)c1Cl. The standard InChI is InChI=1S/C13H11ClN2O2/c1-16-12(14)11(8-17)10(13(16)18)7-15-9-5-3-2-4-6-9/h2-8,18H,1H3. The fourth-order valence-electron chi connectivity index (χ4n) is 1.58. The number of para-hydroxylation sites is 1. The van der Waals surface area contributed by atoms with Crippen LogP contribution in [0.1, 0.15) is 15.9 Å². The summed E-state index contributed by atoms with van der Waals surface area (Å²) in [5.74, 6) is -0.0817. The van der Waals surface area contributed by atoms with E-state index in [2.05, 4.69) is 4.99 Å². The summed E-state index contributed by atoms with van der Waals surface area (Å²) >= 11 is 5.91. The van der Waals surface area contributed by atoms with Crippen LogP contribution in [0.25, 0.3) is 0 Å². The van der Waals surface area contributed by atoms with Crippen molar-refractivity contribution in [2.45, 2.75) is 0 Å². The van der Waals surface area contributed by atoms with Gasteiger partial charge in [0.15, 0.2) is 6.29 Å². The number of hydrogen-bond acceptors (Lipinski definition) is 3. The highest BCUT2D eigenvalue weighted by Gasteiger charge is 2.17. The van der Waals surface area contributed by atoms with Crippen molar-refractivity contribution < 1.29 is 9.90 Å². The first-order chi connectivity index (χ1) is 8.65. The number of aromatic nitrogens is 1. The van der Waals surface area contributed by atoms with Crippen molar-refractivity contribution >= 4 is 29.8 Å². The summed E-state index contributed by atoms with van der Waals surface area (Å²) in [7, 11) is 1.57. The largest absolute Gasteiger partial charge is 0.494 e. The average molecular weight is 263 g/mol. The summed E-state index contributed by atoms with van der Waals surface area (Å²) in [5, 5.41) is 10.0. The Bertz CT molecular complexity index is 603. The number of rotatable bonds is 3. The Morgan fingerprint density at radius 3 is 2.56 bits per heavy atom. The highest BCUT2D eigenvalue weighted by Crippen LogP contribution is 2.29. The second kappa shape index (κ2) is 5.06. The Balaban J connectivity index is 2.44. The molecule has 0 amide bonds. The third kappa shape index (κ3) is 2.15. The molecule has 0 aliphatic carbocycles. The molecule has 92 valence electrons. The fraction of sp³-hybridized carbons (Fsp3) is 0.0769. The number of nitrogens with zero attached hydrogens (tertiary/aromatic N) is 2. The molecule has 5 heteroatoms. The Hall–Kier alpha value is -2.07. The van der Waals surface area contributed by atoms with Crippen molar-refractivity contribution in [2.24, 2.45) is 12.0 Å². The number of aliphatic imine (C=N–C) groups is 1. The maximum Gasteiger partial charge on any atom is 0.201 e. The molecule has 0 fully saturated rings. The Labute approximate surface area is 109 Å². The summed E-state index contributed by atoms with van der Waals surface area (Å²) in [4.78, 5) is 15.1. The van der Waals surface area contributed by atoms with E-state index < -0.39 is 0 Å². The average Bonchev–Trinajstić information content (AvgIpc) is 2.61. The first-order valence-electron chi connectivity index (χ1n) is 5.26. The summed E-state index contributed by atoms with van der Waals surface area (Å²) in [6.45, 7) is 0. The first kappa shape index (κ1) is 12.4. The number of carbonyl (C=O) groups is 1. The van der Waals surface area contributed by atoms with Crippen LogP contribution in [0.15, 0.2) is 35.3 Å². The number of hydrogen-bond donors (Lipinski definition) is 1.